The molecule has 3 rings (SSSR count). The molecular formula is C12H20N2OS. The van der Waals surface area contributed by atoms with Gasteiger partial charge < -0.3 is 10.2 Å². The number of fused-ring (bicyclic) bond motifs is 1. The van der Waals surface area contributed by atoms with Crippen LogP contribution >= 0.6 is 11.8 Å². The van der Waals surface area contributed by atoms with Gasteiger partial charge in [0.2, 0.25) is 5.91 Å². The van der Waals surface area contributed by atoms with Gasteiger partial charge in [-0.2, -0.15) is 11.8 Å². The number of carbonyl (C=O) groups excluding carboxylic acids is 1. The minimum Gasteiger partial charge on any atom is -0.339 e. The van der Waals surface area contributed by atoms with Gasteiger partial charge in [0.15, 0.2) is 0 Å². The van der Waals surface area contributed by atoms with Crippen molar-refractivity contribution in [2.45, 2.75) is 19.4 Å². The largest absolute Gasteiger partial charge is 0.339 e. The summed E-state index contributed by atoms with van der Waals surface area (Å²) in [6, 6.07) is 0.457. The predicted molar refractivity (Wildman–Crippen MR) is 66.5 cm³/mol. The van der Waals surface area contributed by atoms with Crippen LogP contribution in [-0.2, 0) is 4.79 Å². The summed E-state index contributed by atoms with van der Waals surface area (Å²) in [7, 11) is 0. The van der Waals surface area contributed by atoms with E-state index in [4.69, 9.17) is 0 Å². The second-order valence-corrected chi connectivity index (χ2v) is 6.52. The van der Waals surface area contributed by atoms with Gasteiger partial charge in [0.1, 0.15) is 0 Å². The zero-order chi connectivity index (χ0) is 11.1. The molecule has 3 heterocycles. The van der Waals surface area contributed by atoms with E-state index in [1.165, 1.54) is 5.75 Å². The molecule has 0 bridgehead atoms. The quantitative estimate of drug-likeness (QED) is 0.736. The third-order valence-electron chi connectivity index (χ3n) is 4.50. The van der Waals surface area contributed by atoms with Gasteiger partial charge in [-0.15, -0.1) is 0 Å². The Hall–Kier alpha value is -0.220. The van der Waals surface area contributed by atoms with Crippen LogP contribution in [0.15, 0.2) is 0 Å². The van der Waals surface area contributed by atoms with Crippen molar-refractivity contribution < 1.29 is 4.79 Å². The molecule has 0 spiro atoms. The zero-order valence-electron chi connectivity index (χ0n) is 9.82. The highest BCUT2D eigenvalue weighted by Gasteiger charge is 2.45. The lowest BCUT2D eigenvalue weighted by atomic mass is 9.95. The van der Waals surface area contributed by atoms with Gasteiger partial charge in [-0.05, 0) is 30.9 Å². The van der Waals surface area contributed by atoms with E-state index in [-0.39, 0.29) is 0 Å². The first-order valence-electron chi connectivity index (χ1n) is 6.36. The van der Waals surface area contributed by atoms with Crippen molar-refractivity contribution in [1.82, 2.24) is 10.2 Å². The zero-order valence-corrected chi connectivity index (χ0v) is 10.6. The number of rotatable bonds is 1. The van der Waals surface area contributed by atoms with Gasteiger partial charge in [0, 0.05) is 37.3 Å². The van der Waals surface area contributed by atoms with E-state index in [1.54, 1.807) is 0 Å². The van der Waals surface area contributed by atoms with E-state index >= 15 is 0 Å². The molecular weight excluding hydrogens is 220 g/mol. The van der Waals surface area contributed by atoms with Crippen LogP contribution in [0.5, 0.6) is 0 Å². The summed E-state index contributed by atoms with van der Waals surface area (Å²) < 4.78 is 0. The highest BCUT2D eigenvalue weighted by molar-refractivity contribution is 7.99. The standard InChI is InChI=1S/C12H20N2OS/c1-8-11-5-13-4-10(11)6-14(8)12(15)9-2-3-16-7-9/h8-11,13H,2-7H2,1H3. The highest BCUT2D eigenvalue weighted by atomic mass is 32.2. The number of nitrogens with one attached hydrogen (secondary N) is 1. The molecule has 4 unspecified atom stereocenters. The fourth-order valence-electron chi connectivity index (χ4n) is 3.42. The van der Waals surface area contributed by atoms with Gasteiger partial charge in [-0.1, -0.05) is 0 Å². The molecule has 0 aromatic heterocycles. The molecule has 0 aromatic rings. The van der Waals surface area contributed by atoms with Crippen molar-refractivity contribution in [2.75, 3.05) is 31.1 Å². The Kier molecular flexibility index (Phi) is 2.88. The molecule has 90 valence electrons. The van der Waals surface area contributed by atoms with E-state index in [0.717, 1.165) is 31.8 Å². The Bertz CT molecular complexity index is 291. The van der Waals surface area contributed by atoms with Gasteiger partial charge in [0.25, 0.3) is 0 Å². The maximum atomic E-state index is 12.4. The van der Waals surface area contributed by atoms with E-state index in [2.05, 4.69) is 17.1 Å². The van der Waals surface area contributed by atoms with Crippen molar-refractivity contribution in [1.29, 1.82) is 0 Å². The van der Waals surface area contributed by atoms with Crippen molar-refractivity contribution in [3.63, 3.8) is 0 Å². The lowest BCUT2D eigenvalue weighted by molar-refractivity contribution is -0.135. The summed E-state index contributed by atoms with van der Waals surface area (Å²) in [4.78, 5) is 14.6. The van der Waals surface area contributed by atoms with E-state index in [9.17, 15) is 4.79 Å². The average Bonchev–Trinajstić information content (AvgIpc) is 2.95. The van der Waals surface area contributed by atoms with E-state index in [0.29, 0.717) is 29.7 Å². The summed E-state index contributed by atoms with van der Waals surface area (Å²) in [6.07, 6.45) is 1.10. The summed E-state index contributed by atoms with van der Waals surface area (Å²) in [6.45, 7) is 5.45. The third-order valence-corrected chi connectivity index (χ3v) is 5.66. The Balaban J connectivity index is 1.69. The molecule has 3 aliphatic heterocycles. The molecule has 0 aliphatic carbocycles. The first kappa shape index (κ1) is 10.9. The average molecular weight is 240 g/mol. The van der Waals surface area contributed by atoms with Crippen LogP contribution in [0.3, 0.4) is 0 Å². The number of likely N-dealkylation sites (tertiary alicyclic amines) is 1. The fourth-order valence-corrected chi connectivity index (χ4v) is 4.63. The van der Waals surface area contributed by atoms with Crippen LogP contribution in [0.1, 0.15) is 13.3 Å². The van der Waals surface area contributed by atoms with Crippen LogP contribution in [0.4, 0.5) is 0 Å². The first-order valence-corrected chi connectivity index (χ1v) is 7.52. The second-order valence-electron chi connectivity index (χ2n) is 5.37. The number of carbonyl (C=O) groups is 1. The summed E-state index contributed by atoms with van der Waals surface area (Å²) in [5.41, 5.74) is 0. The number of amides is 1. The monoisotopic (exact) mass is 240 g/mol. The molecule has 3 aliphatic rings. The molecule has 3 fully saturated rings. The fraction of sp³-hybridized carbons (Fsp3) is 0.917. The number of nitrogens with zero attached hydrogens (tertiary/aromatic N) is 1. The molecule has 0 radical (unpaired) electrons. The summed E-state index contributed by atoms with van der Waals surface area (Å²) in [5, 5.41) is 3.44. The van der Waals surface area contributed by atoms with Crippen molar-refractivity contribution in [2.24, 2.45) is 17.8 Å². The van der Waals surface area contributed by atoms with Crippen LogP contribution in [0, 0.1) is 17.8 Å². The molecule has 4 atom stereocenters. The third kappa shape index (κ3) is 1.66. The minimum atomic E-state index is 0.319. The Labute approximate surface area is 101 Å². The molecule has 3 nitrogen and oxygen atoms in total. The maximum Gasteiger partial charge on any atom is 0.226 e. The predicted octanol–water partition coefficient (Wildman–Crippen LogP) is 0.806. The number of thioether (sulfide) groups is 1. The molecule has 4 heteroatoms. The Morgan fingerprint density at radius 3 is 3.00 bits per heavy atom. The molecule has 16 heavy (non-hydrogen) atoms. The van der Waals surface area contributed by atoms with Crippen LogP contribution in [-0.4, -0.2) is 48.0 Å². The van der Waals surface area contributed by atoms with Gasteiger partial charge in [0.05, 0.1) is 0 Å². The normalized spacial score (nSPS) is 42.7. The minimum absolute atomic E-state index is 0.319. The van der Waals surface area contributed by atoms with E-state index < -0.39 is 0 Å². The van der Waals surface area contributed by atoms with Crippen LogP contribution in [0.25, 0.3) is 0 Å². The first-order chi connectivity index (χ1) is 7.77. The van der Waals surface area contributed by atoms with Crippen LogP contribution in [0.2, 0.25) is 0 Å². The second kappa shape index (κ2) is 4.22. The van der Waals surface area contributed by atoms with Crippen molar-refractivity contribution in [3.05, 3.63) is 0 Å². The Morgan fingerprint density at radius 1 is 1.44 bits per heavy atom. The van der Waals surface area contributed by atoms with Crippen molar-refractivity contribution in [3.8, 4) is 0 Å². The van der Waals surface area contributed by atoms with Crippen LogP contribution < -0.4 is 5.32 Å². The highest BCUT2D eigenvalue weighted by Crippen LogP contribution is 2.35. The molecule has 1 amide bonds. The van der Waals surface area contributed by atoms with Crippen molar-refractivity contribution >= 4 is 17.7 Å². The smallest absolute Gasteiger partial charge is 0.226 e. The molecule has 3 saturated heterocycles. The summed E-state index contributed by atoms with van der Waals surface area (Å²) >= 11 is 1.93. The van der Waals surface area contributed by atoms with Gasteiger partial charge >= 0.3 is 0 Å². The molecule has 0 saturated carbocycles. The lowest BCUT2D eigenvalue weighted by Gasteiger charge is -2.27. The molecule has 0 aromatic carbocycles. The van der Waals surface area contributed by atoms with E-state index in [1.807, 2.05) is 11.8 Å². The van der Waals surface area contributed by atoms with Gasteiger partial charge in [-0.3, -0.25) is 4.79 Å². The lowest BCUT2D eigenvalue weighted by Crippen LogP contribution is -2.41. The van der Waals surface area contributed by atoms with Gasteiger partial charge in [-0.25, -0.2) is 0 Å². The SMILES string of the molecule is CC1C2CNCC2CN1C(=O)C1CCSC1. The Morgan fingerprint density at radius 2 is 2.31 bits per heavy atom. The maximum absolute atomic E-state index is 12.4. The molecule has 1 N–H and O–H groups in total. The summed E-state index contributed by atoms with van der Waals surface area (Å²) in [5.74, 6) is 4.40. The topological polar surface area (TPSA) is 32.3 Å². The number of hydrogen-bond donors (Lipinski definition) is 1. The number of hydrogen-bond acceptors (Lipinski definition) is 3.